The van der Waals surface area contributed by atoms with Gasteiger partial charge in [-0.15, -0.1) is 0 Å². The third-order valence-corrected chi connectivity index (χ3v) is 2.86. The molecular weight excluding hydrogens is 272 g/mol. The molecule has 7 nitrogen and oxygen atoms in total. The summed E-state index contributed by atoms with van der Waals surface area (Å²) in [5.74, 6) is -1.09. The van der Waals surface area contributed by atoms with Crippen LogP contribution >= 0.6 is 0 Å². The molecular formula is C14H16N4O3. The number of carbonyl (C=O) groups excluding carboxylic acids is 1. The van der Waals surface area contributed by atoms with Gasteiger partial charge in [0.05, 0.1) is 11.4 Å². The van der Waals surface area contributed by atoms with E-state index in [4.69, 9.17) is 5.11 Å². The van der Waals surface area contributed by atoms with E-state index in [0.29, 0.717) is 17.1 Å². The van der Waals surface area contributed by atoms with Crippen LogP contribution in [0.25, 0.3) is 0 Å². The normalized spacial score (nSPS) is 10.2. The quantitative estimate of drug-likeness (QED) is 0.898. The van der Waals surface area contributed by atoms with E-state index in [9.17, 15) is 9.59 Å². The van der Waals surface area contributed by atoms with Gasteiger partial charge in [-0.2, -0.15) is 5.10 Å². The number of urea groups is 1. The number of benzene rings is 1. The second-order valence-electron chi connectivity index (χ2n) is 4.55. The van der Waals surface area contributed by atoms with E-state index in [1.165, 1.54) is 0 Å². The maximum absolute atomic E-state index is 12.3. The molecule has 0 saturated heterocycles. The minimum absolute atomic E-state index is 0.421. The topological polar surface area (TPSA) is 87.5 Å². The summed E-state index contributed by atoms with van der Waals surface area (Å²) >= 11 is 0. The Morgan fingerprint density at radius 1 is 1.33 bits per heavy atom. The van der Waals surface area contributed by atoms with Gasteiger partial charge >= 0.3 is 12.0 Å². The Morgan fingerprint density at radius 3 is 2.52 bits per heavy atom. The first kappa shape index (κ1) is 14.6. The number of carboxylic acid groups (broad SMARTS) is 1. The lowest BCUT2D eigenvalue weighted by atomic mass is 10.3. The van der Waals surface area contributed by atoms with Crippen LogP contribution in [0.5, 0.6) is 0 Å². The van der Waals surface area contributed by atoms with Gasteiger partial charge in [0.2, 0.25) is 0 Å². The van der Waals surface area contributed by atoms with Crippen LogP contribution in [-0.4, -0.2) is 33.4 Å². The Kier molecular flexibility index (Phi) is 4.22. The fraction of sp³-hybridized carbons (Fsp3) is 0.214. The van der Waals surface area contributed by atoms with Gasteiger partial charge in [0.15, 0.2) is 0 Å². The number of nitrogens with zero attached hydrogens (tertiary/aromatic N) is 3. The van der Waals surface area contributed by atoms with Gasteiger partial charge in [-0.3, -0.25) is 14.4 Å². The first-order chi connectivity index (χ1) is 9.97. The summed E-state index contributed by atoms with van der Waals surface area (Å²) in [6, 6.07) is 8.13. The molecule has 21 heavy (non-hydrogen) atoms. The Hall–Kier alpha value is -2.83. The Balaban J connectivity index is 2.22. The molecule has 2 N–H and O–H groups in total. The molecule has 0 bridgehead atoms. The van der Waals surface area contributed by atoms with Crippen molar-refractivity contribution < 1.29 is 14.7 Å². The summed E-state index contributed by atoms with van der Waals surface area (Å²) in [6.07, 6.45) is 1.66. The summed E-state index contributed by atoms with van der Waals surface area (Å²) < 4.78 is 1.58. The van der Waals surface area contributed by atoms with Crippen LogP contribution in [-0.2, 0) is 11.8 Å². The molecule has 0 aliphatic rings. The first-order valence-corrected chi connectivity index (χ1v) is 6.33. The number of anilines is 2. The van der Waals surface area contributed by atoms with Crippen molar-refractivity contribution in [1.29, 1.82) is 0 Å². The van der Waals surface area contributed by atoms with Crippen LogP contribution < -0.4 is 10.2 Å². The van der Waals surface area contributed by atoms with Crippen molar-refractivity contribution in [3.05, 3.63) is 42.2 Å². The Bertz CT molecular complexity index is 651. The summed E-state index contributed by atoms with van der Waals surface area (Å²) in [4.78, 5) is 24.5. The van der Waals surface area contributed by atoms with Crippen molar-refractivity contribution in [3.8, 4) is 0 Å². The van der Waals surface area contributed by atoms with Gasteiger partial charge in [0.25, 0.3) is 0 Å². The molecule has 0 unspecified atom stereocenters. The van der Waals surface area contributed by atoms with Crippen LogP contribution in [0, 0.1) is 6.92 Å². The number of nitrogens with one attached hydrogen (secondary N) is 1. The SMILES string of the molecule is Cc1nn(C)cc1NC(=O)N(CC(=O)O)c1ccccc1. The molecule has 0 atom stereocenters. The van der Waals surface area contributed by atoms with Gasteiger partial charge in [0.1, 0.15) is 6.54 Å². The third-order valence-electron chi connectivity index (χ3n) is 2.86. The highest BCUT2D eigenvalue weighted by Gasteiger charge is 2.20. The zero-order valence-electron chi connectivity index (χ0n) is 11.8. The molecule has 0 aliphatic heterocycles. The van der Waals surface area contributed by atoms with E-state index < -0.39 is 18.5 Å². The second-order valence-corrected chi connectivity index (χ2v) is 4.55. The van der Waals surface area contributed by atoms with Crippen molar-refractivity contribution in [1.82, 2.24) is 9.78 Å². The van der Waals surface area contributed by atoms with Gasteiger partial charge in [-0.1, -0.05) is 18.2 Å². The monoisotopic (exact) mass is 288 g/mol. The standard InChI is InChI=1S/C14H16N4O3/c1-10-12(8-17(2)16-10)15-14(21)18(9-13(19)20)11-6-4-3-5-7-11/h3-8H,9H2,1-2H3,(H,15,21)(H,19,20). The zero-order valence-corrected chi connectivity index (χ0v) is 11.8. The highest BCUT2D eigenvalue weighted by molar-refractivity contribution is 6.04. The van der Waals surface area contributed by atoms with Crippen molar-refractivity contribution in [2.75, 3.05) is 16.8 Å². The van der Waals surface area contributed by atoms with Gasteiger partial charge in [0, 0.05) is 18.9 Å². The molecule has 2 aromatic rings. The molecule has 110 valence electrons. The average molecular weight is 288 g/mol. The number of aromatic nitrogens is 2. The molecule has 0 radical (unpaired) electrons. The Morgan fingerprint density at radius 2 is 2.00 bits per heavy atom. The number of hydrogen-bond donors (Lipinski definition) is 2. The predicted octanol–water partition coefficient (Wildman–Crippen LogP) is 1.85. The minimum Gasteiger partial charge on any atom is -0.480 e. The summed E-state index contributed by atoms with van der Waals surface area (Å²) in [7, 11) is 1.74. The molecule has 0 saturated carbocycles. The number of carbonyl (C=O) groups is 2. The summed E-state index contributed by atoms with van der Waals surface area (Å²) in [6.45, 7) is 1.34. The highest BCUT2D eigenvalue weighted by Crippen LogP contribution is 2.17. The van der Waals surface area contributed by atoms with Crippen LogP contribution in [0.15, 0.2) is 36.5 Å². The zero-order chi connectivity index (χ0) is 15.4. The lowest BCUT2D eigenvalue weighted by molar-refractivity contribution is -0.135. The van der Waals surface area contributed by atoms with Crippen LogP contribution in [0.4, 0.5) is 16.2 Å². The minimum atomic E-state index is -1.09. The van der Waals surface area contributed by atoms with Gasteiger partial charge in [-0.05, 0) is 19.1 Å². The number of carboxylic acids is 1. The number of para-hydroxylation sites is 1. The maximum atomic E-state index is 12.3. The van der Waals surface area contributed by atoms with Crippen molar-refractivity contribution in [2.45, 2.75) is 6.92 Å². The van der Waals surface area contributed by atoms with Crippen LogP contribution in [0.1, 0.15) is 5.69 Å². The summed E-state index contributed by atoms with van der Waals surface area (Å²) in [5, 5.41) is 15.8. The lowest BCUT2D eigenvalue weighted by Crippen LogP contribution is -2.38. The molecule has 0 aliphatic carbocycles. The molecule has 1 aromatic carbocycles. The fourth-order valence-electron chi connectivity index (χ4n) is 1.93. The van der Waals surface area contributed by atoms with E-state index in [1.54, 1.807) is 55.2 Å². The van der Waals surface area contributed by atoms with E-state index in [1.807, 2.05) is 0 Å². The van der Waals surface area contributed by atoms with Crippen LogP contribution in [0.3, 0.4) is 0 Å². The first-order valence-electron chi connectivity index (χ1n) is 6.33. The van der Waals surface area contributed by atoms with E-state index in [0.717, 1.165) is 4.90 Å². The van der Waals surface area contributed by atoms with E-state index >= 15 is 0 Å². The molecule has 0 fully saturated rings. The lowest BCUT2D eigenvalue weighted by Gasteiger charge is -2.21. The number of amides is 2. The second kappa shape index (κ2) is 6.08. The van der Waals surface area contributed by atoms with Gasteiger partial charge in [-0.25, -0.2) is 4.79 Å². The molecule has 7 heteroatoms. The average Bonchev–Trinajstić information content (AvgIpc) is 2.75. The Labute approximate surface area is 121 Å². The molecule has 1 aromatic heterocycles. The van der Waals surface area contributed by atoms with Crippen molar-refractivity contribution in [3.63, 3.8) is 0 Å². The number of aliphatic carboxylic acids is 1. The molecule has 2 rings (SSSR count). The molecule has 0 spiro atoms. The van der Waals surface area contributed by atoms with E-state index in [-0.39, 0.29) is 0 Å². The fourth-order valence-corrected chi connectivity index (χ4v) is 1.93. The van der Waals surface area contributed by atoms with Crippen molar-refractivity contribution >= 4 is 23.4 Å². The smallest absolute Gasteiger partial charge is 0.326 e. The number of aryl methyl sites for hydroxylation is 2. The molecule has 2 amide bonds. The number of rotatable bonds is 4. The molecule has 1 heterocycles. The predicted molar refractivity (Wildman–Crippen MR) is 78.4 cm³/mol. The highest BCUT2D eigenvalue weighted by atomic mass is 16.4. The number of hydrogen-bond acceptors (Lipinski definition) is 3. The van der Waals surface area contributed by atoms with Crippen LogP contribution in [0.2, 0.25) is 0 Å². The maximum Gasteiger partial charge on any atom is 0.326 e. The third kappa shape index (κ3) is 3.59. The summed E-state index contributed by atoms with van der Waals surface area (Å²) in [5.41, 5.74) is 1.72. The van der Waals surface area contributed by atoms with E-state index in [2.05, 4.69) is 10.4 Å². The van der Waals surface area contributed by atoms with Crippen molar-refractivity contribution in [2.24, 2.45) is 7.05 Å². The van der Waals surface area contributed by atoms with Gasteiger partial charge < -0.3 is 10.4 Å². The largest absolute Gasteiger partial charge is 0.480 e.